The average Bonchev–Trinajstić information content (AvgIpc) is 2.41. The van der Waals surface area contributed by atoms with E-state index >= 15 is 0 Å². The Bertz CT molecular complexity index is 481. The highest BCUT2D eigenvalue weighted by Crippen LogP contribution is 2.42. The first-order valence-corrected chi connectivity index (χ1v) is 7.98. The van der Waals surface area contributed by atoms with Crippen LogP contribution in [0.25, 0.3) is 0 Å². The van der Waals surface area contributed by atoms with E-state index in [1.807, 2.05) is 19.2 Å². The van der Waals surface area contributed by atoms with Crippen molar-refractivity contribution < 1.29 is 4.92 Å². The van der Waals surface area contributed by atoms with E-state index in [2.05, 4.69) is 19.2 Å². The van der Waals surface area contributed by atoms with E-state index in [4.69, 9.17) is 0 Å². The van der Waals surface area contributed by atoms with Crippen LogP contribution >= 0.6 is 11.8 Å². The van der Waals surface area contributed by atoms with Crippen molar-refractivity contribution in [2.45, 2.75) is 42.9 Å². The van der Waals surface area contributed by atoms with Gasteiger partial charge in [0.15, 0.2) is 0 Å². The summed E-state index contributed by atoms with van der Waals surface area (Å²) in [6, 6.07) is 7.47. The molecule has 0 heterocycles. The third kappa shape index (κ3) is 3.33. The van der Waals surface area contributed by atoms with Crippen LogP contribution in [-0.4, -0.2) is 23.3 Å². The smallest absolute Gasteiger partial charge is 0.282 e. The largest absolute Gasteiger partial charge is 0.316 e. The van der Waals surface area contributed by atoms with Crippen LogP contribution in [0, 0.1) is 22.0 Å². The highest BCUT2D eigenvalue weighted by atomic mass is 32.2. The molecule has 1 fully saturated rings. The predicted octanol–water partition coefficient (Wildman–Crippen LogP) is 3.71. The number of thioether (sulfide) groups is 1. The monoisotopic (exact) mass is 294 g/mol. The van der Waals surface area contributed by atoms with Crippen LogP contribution in [-0.2, 0) is 0 Å². The molecule has 0 aromatic heterocycles. The van der Waals surface area contributed by atoms with Crippen molar-refractivity contribution in [2.75, 3.05) is 7.05 Å². The molecule has 0 amide bonds. The van der Waals surface area contributed by atoms with Gasteiger partial charge in [0.2, 0.25) is 0 Å². The molecule has 5 heteroatoms. The van der Waals surface area contributed by atoms with Crippen molar-refractivity contribution in [3.8, 4) is 0 Å². The minimum Gasteiger partial charge on any atom is -0.316 e. The van der Waals surface area contributed by atoms with Crippen LogP contribution in [0.5, 0.6) is 0 Å². The molecule has 1 N–H and O–H groups in total. The van der Waals surface area contributed by atoms with E-state index in [0.29, 0.717) is 23.1 Å². The second-order valence-corrected chi connectivity index (χ2v) is 6.98. The molecule has 0 aliphatic heterocycles. The number of para-hydroxylation sites is 1. The SMILES string of the molecule is CNC1CC(C)CC(C)C1Sc1ccccc1[N+](=O)[O-]. The first-order chi connectivity index (χ1) is 9.52. The first-order valence-electron chi connectivity index (χ1n) is 7.10. The van der Waals surface area contributed by atoms with Gasteiger partial charge in [-0.2, -0.15) is 0 Å². The molecule has 0 bridgehead atoms. The summed E-state index contributed by atoms with van der Waals surface area (Å²) in [5.41, 5.74) is 0.221. The van der Waals surface area contributed by atoms with Crippen LogP contribution in [0.4, 0.5) is 5.69 Å². The van der Waals surface area contributed by atoms with Gasteiger partial charge in [-0.15, -0.1) is 11.8 Å². The molecule has 1 aromatic carbocycles. The molecule has 1 saturated carbocycles. The zero-order chi connectivity index (χ0) is 14.7. The van der Waals surface area contributed by atoms with Crippen molar-refractivity contribution in [2.24, 2.45) is 11.8 Å². The maximum atomic E-state index is 11.1. The molecule has 4 atom stereocenters. The summed E-state index contributed by atoms with van der Waals surface area (Å²) in [6.07, 6.45) is 2.33. The second kappa shape index (κ2) is 6.59. The lowest BCUT2D eigenvalue weighted by Gasteiger charge is -2.39. The Morgan fingerprint density at radius 1 is 1.30 bits per heavy atom. The minimum atomic E-state index is -0.285. The number of nitro benzene ring substituents is 1. The zero-order valence-electron chi connectivity index (χ0n) is 12.2. The van der Waals surface area contributed by atoms with Gasteiger partial charge in [0.05, 0.1) is 9.82 Å². The van der Waals surface area contributed by atoms with Crippen LogP contribution < -0.4 is 5.32 Å². The van der Waals surface area contributed by atoms with Crippen LogP contribution in [0.1, 0.15) is 26.7 Å². The molecule has 0 saturated heterocycles. The zero-order valence-corrected chi connectivity index (χ0v) is 13.0. The fourth-order valence-corrected chi connectivity index (χ4v) is 4.63. The number of hydrogen-bond donors (Lipinski definition) is 1. The molecule has 4 nitrogen and oxygen atoms in total. The molecule has 1 aromatic rings. The van der Waals surface area contributed by atoms with Crippen LogP contribution in [0.2, 0.25) is 0 Å². The Morgan fingerprint density at radius 3 is 2.65 bits per heavy atom. The first kappa shape index (κ1) is 15.3. The standard InChI is InChI=1S/C15H22N2O2S/c1-10-8-11(2)15(12(9-10)16-3)20-14-7-5-4-6-13(14)17(18)19/h4-7,10-12,15-16H,8-9H2,1-3H3. The number of hydrogen-bond acceptors (Lipinski definition) is 4. The quantitative estimate of drug-likeness (QED) is 0.679. The predicted molar refractivity (Wildman–Crippen MR) is 83.2 cm³/mol. The molecule has 0 radical (unpaired) electrons. The second-order valence-electron chi connectivity index (χ2n) is 5.76. The van der Waals surface area contributed by atoms with Gasteiger partial charge in [-0.05, 0) is 37.8 Å². The number of nitrogens with zero attached hydrogens (tertiary/aromatic N) is 1. The Labute approximate surface area is 124 Å². The summed E-state index contributed by atoms with van der Waals surface area (Å²) >= 11 is 1.66. The van der Waals surface area contributed by atoms with Gasteiger partial charge in [-0.3, -0.25) is 10.1 Å². The highest BCUT2D eigenvalue weighted by Gasteiger charge is 2.34. The summed E-state index contributed by atoms with van der Waals surface area (Å²) in [6.45, 7) is 4.54. The van der Waals surface area contributed by atoms with Gasteiger partial charge >= 0.3 is 0 Å². The van der Waals surface area contributed by atoms with E-state index < -0.39 is 0 Å². The van der Waals surface area contributed by atoms with Crippen molar-refractivity contribution in [3.63, 3.8) is 0 Å². The Hall–Kier alpha value is -1.07. The molecule has 1 aliphatic carbocycles. The van der Waals surface area contributed by atoms with E-state index in [0.717, 1.165) is 11.3 Å². The van der Waals surface area contributed by atoms with Crippen molar-refractivity contribution in [1.29, 1.82) is 0 Å². The van der Waals surface area contributed by atoms with Gasteiger partial charge in [0, 0.05) is 17.4 Å². The van der Waals surface area contributed by atoms with E-state index in [-0.39, 0.29) is 10.6 Å². The summed E-state index contributed by atoms with van der Waals surface area (Å²) in [7, 11) is 1.99. The average molecular weight is 294 g/mol. The topological polar surface area (TPSA) is 55.2 Å². The summed E-state index contributed by atoms with van der Waals surface area (Å²) in [5.74, 6) is 1.27. The molecular formula is C15H22N2O2S. The number of nitrogens with one attached hydrogen (secondary N) is 1. The van der Waals surface area contributed by atoms with E-state index in [9.17, 15) is 10.1 Å². The number of rotatable bonds is 4. The fourth-order valence-electron chi connectivity index (χ4n) is 3.16. The molecular weight excluding hydrogens is 272 g/mol. The van der Waals surface area contributed by atoms with Gasteiger partial charge < -0.3 is 5.32 Å². The number of benzene rings is 1. The maximum Gasteiger partial charge on any atom is 0.282 e. The molecule has 110 valence electrons. The summed E-state index contributed by atoms with van der Waals surface area (Å²) in [5, 5.41) is 14.9. The lowest BCUT2D eigenvalue weighted by Crippen LogP contribution is -2.44. The lowest BCUT2D eigenvalue weighted by atomic mass is 9.80. The Morgan fingerprint density at radius 2 is 2.00 bits per heavy atom. The van der Waals surface area contributed by atoms with Gasteiger partial charge in [-0.1, -0.05) is 26.0 Å². The van der Waals surface area contributed by atoms with Gasteiger partial charge in [-0.25, -0.2) is 0 Å². The van der Waals surface area contributed by atoms with Crippen LogP contribution in [0.15, 0.2) is 29.2 Å². The van der Waals surface area contributed by atoms with Crippen LogP contribution in [0.3, 0.4) is 0 Å². The minimum absolute atomic E-state index is 0.221. The van der Waals surface area contributed by atoms with Gasteiger partial charge in [0.1, 0.15) is 0 Å². The third-order valence-electron chi connectivity index (χ3n) is 4.08. The lowest BCUT2D eigenvalue weighted by molar-refractivity contribution is -0.387. The van der Waals surface area contributed by atoms with E-state index in [1.54, 1.807) is 23.9 Å². The van der Waals surface area contributed by atoms with Crippen molar-refractivity contribution in [1.82, 2.24) is 5.32 Å². The number of nitro groups is 1. The maximum absolute atomic E-state index is 11.1. The molecule has 4 unspecified atom stereocenters. The van der Waals surface area contributed by atoms with Gasteiger partial charge in [0.25, 0.3) is 5.69 Å². The Balaban J connectivity index is 2.21. The summed E-state index contributed by atoms with van der Waals surface area (Å²) < 4.78 is 0. The van der Waals surface area contributed by atoms with Crippen molar-refractivity contribution >= 4 is 17.4 Å². The third-order valence-corrected chi connectivity index (χ3v) is 5.75. The highest BCUT2D eigenvalue weighted by molar-refractivity contribution is 8.00. The molecule has 1 aliphatic rings. The summed E-state index contributed by atoms with van der Waals surface area (Å²) in [4.78, 5) is 11.6. The van der Waals surface area contributed by atoms with Crippen molar-refractivity contribution in [3.05, 3.63) is 34.4 Å². The normalized spacial score (nSPS) is 30.1. The molecule has 20 heavy (non-hydrogen) atoms. The van der Waals surface area contributed by atoms with E-state index in [1.165, 1.54) is 6.42 Å². The Kier molecular flexibility index (Phi) is 5.05. The molecule has 0 spiro atoms. The fraction of sp³-hybridized carbons (Fsp3) is 0.600. The molecule has 2 rings (SSSR count).